The lowest BCUT2D eigenvalue weighted by Gasteiger charge is -2.11. The fourth-order valence-electron chi connectivity index (χ4n) is 2.09. The fourth-order valence-corrected chi connectivity index (χ4v) is 2.76. The lowest BCUT2D eigenvalue weighted by molar-refractivity contribution is 0.702. The van der Waals surface area contributed by atoms with Gasteiger partial charge in [-0.3, -0.25) is 4.31 Å². The molecular formula is C15H17N5S. The summed E-state index contributed by atoms with van der Waals surface area (Å²) in [6, 6.07) is 12.2. The maximum absolute atomic E-state index is 4.44. The molecule has 21 heavy (non-hydrogen) atoms. The van der Waals surface area contributed by atoms with E-state index < -0.39 is 0 Å². The largest absolute Gasteiger partial charge is 0.340 e. The van der Waals surface area contributed by atoms with Crippen LogP contribution in [0.2, 0.25) is 0 Å². The molecular weight excluding hydrogens is 282 g/mol. The van der Waals surface area contributed by atoms with E-state index in [-0.39, 0.29) is 0 Å². The van der Waals surface area contributed by atoms with Crippen LogP contribution in [0.5, 0.6) is 0 Å². The Kier molecular flexibility index (Phi) is 3.81. The molecule has 108 valence electrons. The van der Waals surface area contributed by atoms with Crippen LogP contribution in [0, 0.1) is 6.92 Å². The maximum Gasteiger partial charge on any atom is 0.157 e. The van der Waals surface area contributed by atoms with Crippen LogP contribution in [-0.4, -0.2) is 33.0 Å². The lowest BCUT2D eigenvalue weighted by atomic mass is 10.3. The SMILES string of the molecule is Cc1cc(Nc2ccc(SN(C)C)cc2)n2nccc2n1. The van der Waals surface area contributed by atoms with Gasteiger partial charge in [0.1, 0.15) is 5.82 Å². The Morgan fingerprint density at radius 2 is 1.90 bits per heavy atom. The first-order valence-electron chi connectivity index (χ1n) is 6.65. The van der Waals surface area contributed by atoms with Crippen molar-refractivity contribution in [2.75, 3.05) is 19.4 Å². The van der Waals surface area contributed by atoms with Crippen molar-refractivity contribution in [2.24, 2.45) is 0 Å². The van der Waals surface area contributed by atoms with Gasteiger partial charge in [0, 0.05) is 28.4 Å². The van der Waals surface area contributed by atoms with Gasteiger partial charge in [-0.2, -0.15) is 9.61 Å². The standard InChI is InChI=1S/C15H17N5S/c1-11-10-15(20-14(17-11)8-9-16-20)18-12-4-6-13(7-5-12)21-19(2)3/h4-10,18H,1-3H3. The van der Waals surface area contributed by atoms with Gasteiger partial charge in [-0.05, 0) is 57.2 Å². The number of nitrogens with one attached hydrogen (secondary N) is 1. The highest BCUT2D eigenvalue weighted by molar-refractivity contribution is 7.97. The number of aryl methyl sites for hydroxylation is 1. The molecule has 0 spiro atoms. The highest BCUT2D eigenvalue weighted by Crippen LogP contribution is 2.23. The molecule has 0 aliphatic carbocycles. The molecule has 0 fully saturated rings. The molecule has 6 heteroatoms. The summed E-state index contributed by atoms with van der Waals surface area (Å²) in [5.41, 5.74) is 2.84. The van der Waals surface area contributed by atoms with Crippen LogP contribution in [0.1, 0.15) is 5.69 Å². The number of anilines is 2. The molecule has 3 rings (SSSR count). The van der Waals surface area contributed by atoms with Gasteiger partial charge in [0.15, 0.2) is 5.65 Å². The average molecular weight is 299 g/mol. The van der Waals surface area contributed by atoms with Crippen molar-refractivity contribution in [3.8, 4) is 0 Å². The Morgan fingerprint density at radius 3 is 2.62 bits per heavy atom. The number of aromatic nitrogens is 3. The number of rotatable bonds is 4. The van der Waals surface area contributed by atoms with E-state index in [9.17, 15) is 0 Å². The zero-order chi connectivity index (χ0) is 14.8. The summed E-state index contributed by atoms with van der Waals surface area (Å²) in [4.78, 5) is 5.65. The van der Waals surface area contributed by atoms with Gasteiger partial charge in [-0.25, -0.2) is 4.98 Å². The van der Waals surface area contributed by atoms with E-state index in [4.69, 9.17) is 0 Å². The molecule has 0 saturated carbocycles. The van der Waals surface area contributed by atoms with Crippen LogP contribution in [0.15, 0.2) is 47.5 Å². The first kappa shape index (κ1) is 13.9. The topological polar surface area (TPSA) is 45.5 Å². The quantitative estimate of drug-likeness (QED) is 0.749. The predicted molar refractivity (Wildman–Crippen MR) is 87.0 cm³/mol. The van der Waals surface area contributed by atoms with Crippen LogP contribution in [0.3, 0.4) is 0 Å². The van der Waals surface area contributed by atoms with Crippen molar-refractivity contribution in [1.82, 2.24) is 18.9 Å². The number of benzene rings is 1. The first-order valence-corrected chi connectivity index (χ1v) is 7.43. The van der Waals surface area contributed by atoms with Crippen molar-refractivity contribution < 1.29 is 0 Å². The third kappa shape index (κ3) is 3.17. The van der Waals surface area contributed by atoms with Gasteiger partial charge >= 0.3 is 0 Å². The van der Waals surface area contributed by atoms with E-state index in [2.05, 4.69) is 44.0 Å². The molecule has 2 heterocycles. The minimum Gasteiger partial charge on any atom is -0.340 e. The minimum atomic E-state index is 0.845. The van der Waals surface area contributed by atoms with Gasteiger partial charge in [-0.1, -0.05) is 0 Å². The van der Waals surface area contributed by atoms with Crippen molar-refractivity contribution in [1.29, 1.82) is 0 Å². The van der Waals surface area contributed by atoms with E-state index in [1.165, 1.54) is 4.90 Å². The third-order valence-electron chi connectivity index (χ3n) is 2.90. The zero-order valence-corrected chi connectivity index (χ0v) is 13.1. The predicted octanol–water partition coefficient (Wildman–Crippen LogP) is 3.35. The minimum absolute atomic E-state index is 0.845. The van der Waals surface area contributed by atoms with E-state index in [1.807, 2.05) is 33.2 Å². The average Bonchev–Trinajstić information content (AvgIpc) is 2.88. The molecule has 0 aliphatic heterocycles. The molecule has 0 atom stereocenters. The van der Waals surface area contributed by atoms with E-state index in [0.29, 0.717) is 0 Å². The third-order valence-corrected chi connectivity index (χ3v) is 3.75. The normalized spacial score (nSPS) is 11.2. The summed E-state index contributed by atoms with van der Waals surface area (Å²) in [5, 5.41) is 7.69. The van der Waals surface area contributed by atoms with Crippen LogP contribution >= 0.6 is 11.9 Å². The maximum atomic E-state index is 4.44. The second-order valence-corrected chi connectivity index (χ2v) is 6.32. The van der Waals surface area contributed by atoms with Crippen LogP contribution in [0.25, 0.3) is 5.65 Å². The van der Waals surface area contributed by atoms with Gasteiger partial charge in [0.05, 0.1) is 6.20 Å². The van der Waals surface area contributed by atoms with Crippen molar-refractivity contribution in [3.05, 3.63) is 48.3 Å². The van der Waals surface area contributed by atoms with Gasteiger partial charge in [0.25, 0.3) is 0 Å². The van der Waals surface area contributed by atoms with Crippen LogP contribution in [0.4, 0.5) is 11.5 Å². The lowest BCUT2D eigenvalue weighted by Crippen LogP contribution is -2.02. The monoisotopic (exact) mass is 299 g/mol. The molecule has 3 aromatic rings. The fraction of sp³-hybridized carbons (Fsp3) is 0.200. The van der Waals surface area contributed by atoms with Crippen LogP contribution < -0.4 is 5.32 Å². The van der Waals surface area contributed by atoms with Crippen molar-refractivity contribution >= 4 is 29.1 Å². The Bertz CT molecular complexity index is 748. The molecule has 5 nitrogen and oxygen atoms in total. The molecule has 0 saturated heterocycles. The number of hydrogen-bond acceptors (Lipinski definition) is 5. The van der Waals surface area contributed by atoms with E-state index in [0.717, 1.165) is 22.8 Å². The molecule has 0 unspecified atom stereocenters. The zero-order valence-electron chi connectivity index (χ0n) is 12.2. The molecule has 0 aliphatic rings. The van der Waals surface area contributed by atoms with Crippen molar-refractivity contribution in [3.63, 3.8) is 0 Å². The number of fused-ring (bicyclic) bond motifs is 1. The Labute approximate surface area is 128 Å². The van der Waals surface area contributed by atoms with E-state index >= 15 is 0 Å². The summed E-state index contributed by atoms with van der Waals surface area (Å²) in [5.74, 6) is 0.913. The smallest absolute Gasteiger partial charge is 0.157 e. The number of hydrogen-bond donors (Lipinski definition) is 1. The summed E-state index contributed by atoms with van der Waals surface area (Å²) >= 11 is 1.70. The molecule has 2 aromatic heterocycles. The summed E-state index contributed by atoms with van der Waals surface area (Å²) in [7, 11) is 4.07. The van der Waals surface area contributed by atoms with Gasteiger partial charge in [-0.15, -0.1) is 0 Å². The second-order valence-electron chi connectivity index (χ2n) is 4.94. The molecule has 1 N–H and O–H groups in total. The molecule has 1 aromatic carbocycles. The summed E-state index contributed by atoms with van der Waals surface area (Å²) in [6.45, 7) is 1.98. The number of nitrogens with zero attached hydrogens (tertiary/aromatic N) is 4. The Hall–Kier alpha value is -2.05. The summed E-state index contributed by atoms with van der Waals surface area (Å²) < 4.78 is 3.87. The first-order chi connectivity index (χ1) is 10.1. The Morgan fingerprint density at radius 1 is 1.14 bits per heavy atom. The van der Waals surface area contributed by atoms with Crippen LogP contribution in [-0.2, 0) is 0 Å². The highest BCUT2D eigenvalue weighted by atomic mass is 32.2. The van der Waals surface area contributed by atoms with E-state index in [1.54, 1.807) is 22.7 Å². The van der Waals surface area contributed by atoms with Crippen molar-refractivity contribution in [2.45, 2.75) is 11.8 Å². The second kappa shape index (κ2) is 5.75. The van der Waals surface area contributed by atoms with Gasteiger partial charge in [0.2, 0.25) is 0 Å². The summed E-state index contributed by atoms with van der Waals surface area (Å²) in [6.07, 6.45) is 1.75. The Balaban J connectivity index is 1.86. The molecule has 0 amide bonds. The van der Waals surface area contributed by atoms with Gasteiger partial charge < -0.3 is 5.32 Å². The molecule has 0 bridgehead atoms. The molecule has 0 radical (unpaired) electrons. The highest BCUT2D eigenvalue weighted by Gasteiger charge is 2.05.